The van der Waals surface area contributed by atoms with Crippen LogP contribution in [-0.4, -0.2) is 11.0 Å². The number of rotatable bonds is 4. The van der Waals surface area contributed by atoms with Gasteiger partial charge in [-0.1, -0.05) is 30.3 Å². The van der Waals surface area contributed by atoms with Crippen molar-refractivity contribution in [3.8, 4) is 5.75 Å². The van der Waals surface area contributed by atoms with E-state index in [1.165, 1.54) is 12.1 Å². The van der Waals surface area contributed by atoms with Gasteiger partial charge in [-0.05, 0) is 23.3 Å². The molecule has 2 rings (SSSR count). The SMILES string of the molecule is NCc1cccc(CNC(=O)c2c(O)cccc2F)c1. The zero-order chi connectivity index (χ0) is 14.5. The first kappa shape index (κ1) is 14.0. The lowest BCUT2D eigenvalue weighted by molar-refractivity contribution is 0.0944. The second-order valence-corrected chi connectivity index (χ2v) is 4.34. The smallest absolute Gasteiger partial charge is 0.258 e. The Morgan fingerprint density at radius 2 is 1.90 bits per heavy atom. The first-order valence-corrected chi connectivity index (χ1v) is 6.15. The summed E-state index contributed by atoms with van der Waals surface area (Å²) in [6, 6.07) is 11.2. The average Bonchev–Trinajstić information content (AvgIpc) is 2.45. The number of nitrogens with one attached hydrogen (secondary N) is 1. The molecule has 0 heterocycles. The quantitative estimate of drug-likeness (QED) is 0.797. The van der Waals surface area contributed by atoms with Gasteiger partial charge in [0.1, 0.15) is 17.1 Å². The molecule has 0 aliphatic rings. The van der Waals surface area contributed by atoms with Gasteiger partial charge in [0.05, 0.1) is 0 Å². The molecule has 2 aromatic rings. The highest BCUT2D eigenvalue weighted by molar-refractivity contribution is 5.97. The van der Waals surface area contributed by atoms with E-state index in [1.807, 2.05) is 24.3 Å². The second kappa shape index (κ2) is 6.16. The molecule has 0 spiro atoms. The predicted octanol–water partition coefficient (Wildman–Crippen LogP) is 1.92. The number of hydrogen-bond acceptors (Lipinski definition) is 3. The van der Waals surface area contributed by atoms with Gasteiger partial charge in [-0.25, -0.2) is 4.39 Å². The summed E-state index contributed by atoms with van der Waals surface area (Å²) in [4.78, 5) is 11.9. The predicted molar refractivity (Wildman–Crippen MR) is 73.6 cm³/mol. The molecule has 0 aliphatic carbocycles. The van der Waals surface area contributed by atoms with Crippen molar-refractivity contribution in [2.45, 2.75) is 13.1 Å². The molecule has 4 nitrogen and oxygen atoms in total. The molecular weight excluding hydrogens is 259 g/mol. The van der Waals surface area contributed by atoms with Crippen LogP contribution < -0.4 is 11.1 Å². The summed E-state index contributed by atoms with van der Waals surface area (Å²) in [5.74, 6) is -1.78. The Morgan fingerprint density at radius 3 is 2.60 bits per heavy atom. The van der Waals surface area contributed by atoms with Crippen LogP contribution in [0, 0.1) is 5.82 Å². The number of aromatic hydroxyl groups is 1. The summed E-state index contributed by atoms with van der Waals surface area (Å²) in [5.41, 5.74) is 7.00. The molecule has 0 bridgehead atoms. The standard InChI is InChI=1S/C15H15FN2O2/c16-12-5-2-6-13(19)14(12)15(20)18-9-11-4-1-3-10(7-11)8-17/h1-7,19H,8-9,17H2,(H,18,20). The van der Waals surface area contributed by atoms with E-state index in [4.69, 9.17) is 5.73 Å². The van der Waals surface area contributed by atoms with Crippen molar-refractivity contribution in [2.75, 3.05) is 0 Å². The minimum absolute atomic E-state index is 0.237. The summed E-state index contributed by atoms with van der Waals surface area (Å²) in [6.07, 6.45) is 0. The molecule has 4 N–H and O–H groups in total. The fourth-order valence-electron chi connectivity index (χ4n) is 1.87. The number of hydrogen-bond donors (Lipinski definition) is 3. The molecule has 20 heavy (non-hydrogen) atoms. The number of benzene rings is 2. The number of carbonyl (C=O) groups is 1. The summed E-state index contributed by atoms with van der Waals surface area (Å²) in [7, 11) is 0. The Hall–Kier alpha value is -2.40. The van der Waals surface area contributed by atoms with Gasteiger partial charge in [0.25, 0.3) is 5.91 Å². The summed E-state index contributed by atoms with van der Waals surface area (Å²) in [5, 5.41) is 12.1. The molecule has 0 unspecified atom stereocenters. The molecule has 0 fully saturated rings. The van der Waals surface area contributed by atoms with Gasteiger partial charge in [0.2, 0.25) is 0 Å². The molecule has 0 aliphatic heterocycles. The highest BCUT2D eigenvalue weighted by Crippen LogP contribution is 2.19. The monoisotopic (exact) mass is 274 g/mol. The minimum atomic E-state index is -0.752. The van der Waals surface area contributed by atoms with Gasteiger partial charge >= 0.3 is 0 Å². The highest BCUT2D eigenvalue weighted by atomic mass is 19.1. The third-order valence-corrected chi connectivity index (χ3v) is 2.90. The van der Waals surface area contributed by atoms with E-state index >= 15 is 0 Å². The summed E-state index contributed by atoms with van der Waals surface area (Å²) in [6.45, 7) is 0.649. The molecule has 0 saturated heterocycles. The van der Waals surface area contributed by atoms with Crippen molar-refractivity contribution in [3.63, 3.8) is 0 Å². The Morgan fingerprint density at radius 1 is 1.20 bits per heavy atom. The normalized spacial score (nSPS) is 10.3. The van der Waals surface area contributed by atoms with Crippen molar-refractivity contribution in [1.82, 2.24) is 5.32 Å². The van der Waals surface area contributed by atoms with Crippen molar-refractivity contribution >= 4 is 5.91 Å². The number of phenolic OH excluding ortho intramolecular Hbond substituents is 1. The number of carbonyl (C=O) groups excluding carboxylic acids is 1. The Kier molecular flexibility index (Phi) is 4.32. The van der Waals surface area contributed by atoms with Crippen LogP contribution in [0.5, 0.6) is 5.75 Å². The van der Waals surface area contributed by atoms with E-state index in [0.29, 0.717) is 6.54 Å². The third-order valence-electron chi connectivity index (χ3n) is 2.90. The fourth-order valence-corrected chi connectivity index (χ4v) is 1.87. The van der Waals surface area contributed by atoms with Crippen molar-refractivity contribution in [1.29, 1.82) is 0 Å². The number of nitrogens with two attached hydrogens (primary N) is 1. The molecule has 0 aromatic heterocycles. The van der Waals surface area contributed by atoms with Crippen molar-refractivity contribution in [3.05, 3.63) is 65.0 Å². The lowest BCUT2D eigenvalue weighted by atomic mass is 10.1. The highest BCUT2D eigenvalue weighted by Gasteiger charge is 2.15. The van der Waals surface area contributed by atoms with Crippen LogP contribution in [0.4, 0.5) is 4.39 Å². The molecule has 0 saturated carbocycles. The molecule has 104 valence electrons. The number of amides is 1. The molecule has 0 radical (unpaired) electrons. The van der Waals surface area contributed by atoms with Crippen LogP contribution in [-0.2, 0) is 13.1 Å². The molecule has 2 aromatic carbocycles. The van der Waals surface area contributed by atoms with Gasteiger partial charge in [-0.2, -0.15) is 0 Å². The van der Waals surface area contributed by atoms with E-state index in [0.717, 1.165) is 17.2 Å². The lowest BCUT2D eigenvalue weighted by Crippen LogP contribution is -2.24. The van der Waals surface area contributed by atoms with Gasteiger partial charge in [0, 0.05) is 13.1 Å². The van der Waals surface area contributed by atoms with E-state index in [2.05, 4.69) is 5.32 Å². The zero-order valence-corrected chi connectivity index (χ0v) is 10.8. The largest absolute Gasteiger partial charge is 0.507 e. The summed E-state index contributed by atoms with van der Waals surface area (Å²) < 4.78 is 13.5. The van der Waals surface area contributed by atoms with Gasteiger partial charge < -0.3 is 16.2 Å². The van der Waals surface area contributed by atoms with Crippen molar-refractivity contribution in [2.24, 2.45) is 5.73 Å². The number of phenols is 1. The fraction of sp³-hybridized carbons (Fsp3) is 0.133. The van der Waals surface area contributed by atoms with Gasteiger partial charge in [0.15, 0.2) is 0 Å². The molecule has 0 atom stereocenters. The van der Waals surface area contributed by atoms with Crippen molar-refractivity contribution < 1.29 is 14.3 Å². The topological polar surface area (TPSA) is 75.3 Å². The molecule has 5 heteroatoms. The second-order valence-electron chi connectivity index (χ2n) is 4.34. The number of halogens is 1. The van der Waals surface area contributed by atoms with E-state index < -0.39 is 11.7 Å². The lowest BCUT2D eigenvalue weighted by Gasteiger charge is -2.08. The van der Waals surface area contributed by atoms with Crippen LogP contribution >= 0.6 is 0 Å². The van der Waals surface area contributed by atoms with E-state index in [1.54, 1.807) is 0 Å². The van der Waals surface area contributed by atoms with Crippen LogP contribution in [0.25, 0.3) is 0 Å². The maximum atomic E-state index is 13.5. The zero-order valence-electron chi connectivity index (χ0n) is 10.8. The van der Waals surface area contributed by atoms with Gasteiger partial charge in [-0.3, -0.25) is 4.79 Å². The minimum Gasteiger partial charge on any atom is -0.507 e. The first-order chi connectivity index (χ1) is 9.61. The average molecular weight is 274 g/mol. The maximum absolute atomic E-state index is 13.5. The summed E-state index contributed by atoms with van der Waals surface area (Å²) >= 11 is 0. The van der Waals surface area contributed by atoms with Crippen LogP contribution in [0.15, 0.2) is 42.5 Å². The van der Waals surface area contributed by atoms with Gasteiger partial charge in [-0.15, -0.1) is 0 Å². The van der Waals surface area contributed by atoms with Crippen LogP contribution in [0.2, 0.25) is 0 Å². The van der Waals surface area contributed by atoms with Crippen LogP contribution in [0.3, 0.4) is 0 Å². The first-order valence-electron chi connectivity index (χ1n) is 6.15. The molecular formula is C15H15FN2O2. The Labute approximate surface area is 116 Å². The Balaban J connectivity index is 2.09. The Bertz CT molecular complexity index is 609. The molecule has 1 amide bonds. The van der Waals surface area contributed by atoms with E-state index in [9.17, 15) is 14.3 Å². The maximum Gasteiger partial charge on any atom is 0.258 e. The third kappa shape index (κ3) is 3.13. The van der Waals surface area contributed by atoms with Crippen LogP contribution in [0.1, 0.15) is 21.5 Å². The van der Waals surface area contributed by atoms with E-state index in [-0.39, 0.29) is 17.9 Å².